The zero-order chi connectivity index (χ0) is 12.7. The van der Waals surface area contributed by atoms with Gasteiger partial charge in [0.2, 0.25) is 0 Å². The van der Waals surface area contributed by atoms with Gasteiger partial charge in [0.15, 0.2) is 5.78 Å². The summed E-state index contributed by atoms with van der Waals surface area (Å²) < 4.78 is 1.83. The molecule has 3 rings (SSSR count). The molecule has 0 amide bonds. The van der Waals surface area contributed by atoms with Crippen molar-refractivity contribution in [2.45, 2.75) is 39.0 Å². The quantitative estimate of drug-likeness (QED) is 0.773. The second-order valence-corrected chi connectivity index (χ2v) is 5.44. The van der Waals surface area contributed by atoms with E-state index in [2.05, 4.69) is 18.9 Å². The summed E-state index contributed by atoms with van der Waals surface area (Å²) in [5.74, 6) is 0.811. The van der Waals surface area contributed by atoms with Crippen LogP contribution in [-0.2, 0) is 0 Å². The third kappa shape index (κ3) is 1.65. The third-order valence-corrected chi connectivity index (χ3v) is 3.84. The van der Waals surface area contributed by atoms with Crippen molar-refractivity contribution in [3.8, 4) is 0 Å². The highest BCUT2D eigenvalue weighted by Gasteiger charge is 2.31. The Hall–Kier alpha value is -1.64. The van der Waals surface area contributed by atoms with Crippen LogP contribution in [0.4, 0.5) is 0 Å². The summed E-state index contributed by atoms with van der Waals surface area (Å²) in [6.07, 6.45) is 5.19. The Bertz CT molecular complexity index is 594. The number of rotatable bonds is 3. The molecule has 2 aromatic heterocycles. The van der Waals surface area contributed by atoms with E-state index in [9.17, 15) is 4.79 Å². The first-order chi connectivity index (χ1) is 8.68. The van der Waals surface area contributed by atoms with Gasteiger partial charge in [-0.25, -0.2) is 4.52 Å². The molecule has 0 radical (unpaired) electrons. The second kappa shape index (κ2) is 4.23. The fourth-order valence-electron chi connectivity index (χ4n) is 2.55. The van der Waals surface area contributed by atoms with Crippen LogP contribution in [-0.4, -0.2) is 15.4 Å². The van der Waals surface area contributed by atoms with E-state index in [1.165, 1.54) is 6.42 Å². The summed E-state index contributed by atoms with van der Waals surface area (Å²) in [6, 6.07) is 5.91. The van der Waals surface area contributed by atoms with Gasteiger partial charge in [0, 0.05) is 12.1 Å². The van der Waals surface area contributed by atoms with E-state index in [1.54, 1.807) is 0 Å². The molecule has 18 heavy (non-hydrogen) atoms. The van der Waals surface area contributed by atoms with Crippen LogP contribution in [0.15, 0.2) is 24.4 Å². The Labute approximate surface area is 107 Å². The monoisotopic (exact) mass is 242 g/mol. The Morgan fingerprint density at radius 2 is 2.17 bits per heavy atom. The Kier molecular flexibility index (Phi) is 2.69. The smallest absolute Gasteiger partial charge is 0.170 e. The highest BCUT2D eigenvalue weighted by atomic mass is 16.1. The van der Waals surface area contributed by atoms with Crippen molar-refractivity contribution in [3.05, 3.63) is 35.7 Å². The number of hydrogen-bond acceptors (Lipinski definition) is 2. The van der Waals surface area contributed by atoms with Crippen LogP contribution in [0.3, 0.4) is 0 Å². The lowest BCUT2D eigenvalue weighted by Crippen LogP contribution is -2.23. The van der Waals surface area contributed by atoms with Crippen LogP contribution in [0.2, 0.25) is 0 Å². The van der Waals surface area contributed by atoms with Crippen molar-refractivity contribution in [2.75, 3.05) is 0 Å². The van der Waals surface area contributed by atoms with E-state index >= 15 is 0 Å². The molecule has 3 nitrogen and oxygen atoms in total. The highest BCUT2D eigenvalue weighted by Crippen LogP contribution is 2.33. The topological polar surface area (TPSA) is 34.4 Å². The van der Waals surface area contributed by atoms with Crippen molar-refractivity contribution in [1.29, 1.82) is 0 Å². The zero-order valence-corrected chi connectivity index (χ0v) is 10.9. The molecule has 94 valence electrons. The minimum atomic E-state index is 0.232. The number of fused-ring (bicyclic) bond motifs is 1. The fourth-order valence-corrected chi connectivity index (χ4v) is 2.55. The molecule has 0 aromatic carbocycles. The maximum absolute atomic E-state index is 12.6. The molecule has 0 aliphatic heterocycles. The molecule has 0 N–H and O–H groups in total. The summed E-state index contributed by atoms with van der Waals surface area (Å²) in [5.41, 5.74) is 2.76. The first-order valence-corrected chi connectivity index (χ1v) is 6.70. The average molecular weight is 242 g/mol. The Balaban J connectivity index is 2.17. The maximum Gasteiger partial charge on any atom is 0.170 e. The lowest BCUT2D eigenvalue weighted by molar-refractivity contribution is 0.0855. The highest BCUT2D eigenvalue weighted by molar-refractivity contribution is 6.05. The molecule has 3 heteroatoms. The van der Waals surface area contributed by atoms with Gasteiger partial charge in [-0.15, -0.1) is 0 Å². The molecule has 0 atom stereocenters. The molecule has 1 aliphatic rings. The van der Waals surface area contributed by atoms with Gasteiger partial charge in [0.1, 0.15) is 0 Å². The Morgan fingerprint density at radius 3 is 2.78 bits per heavy atom. The van der Waals surface area contributed by atoms with Crippen LogP contribution >= 0.6 is 0 Å². The number of carbonyl (C=O) groups is 1. The van der Waals surface area contributed by atoms with Gasteiger partial charge in [-0.3, -0.25) is 4.79 Å². The van der Waals surface area contributed by atoms with Crippen LogP contribution in [0, 0.1) is 5.92 Å². The number of carbonyl (C=O) groups excluding carboxylic acids is 1. The predicted molar refractivity (Wildman–Crippen MR) is 71.0 cm³/mol. The fraction of sp³-hybridized carbons (Fsp3) is 0.467. The Morgan fingerprint density at radius 1 is 1.39 bits per heavy atom. The predicted octanol–water partition coefficient (Wildman–Crippen LogP) is 3.44. The third-order valence-electron chi connectivity index (χ3n) is 3.84. The molecule has 2 heterocycles. The van der Waals surface area contributed by atoms with E-state index < -0.39 is 0 Å². The van der Waals surface area contributed by atoms with Crippen LogP contribution in [0.5, 0.6) is 0 Å². The van der Waals surface area contributed by atoms with Gasteiger partial charge in [0.05, 0.1) is 16.8 Å². The van der Waals surface area contributed by atoms with Crippen molar-refractivity contribution in [3.63, 3.8) is 0 Å². The minimum Gasteiger partial charge on any atom is -0.294 e. The van der Waals surface area contributed by atoms with E-state index in [1.807, 2.05) is 28.9 Å². The van der Waals surface area contributed by atoms with E-state index in [0.29, 0.717) is 5.78 Å². The second-order valence-electron chi connectivity index (χ2n) is 5.44. The van der Waals surface area contributed by atoms with Crippen molar-refractivity contribution < 1.29 is 4.79 Å². The maximum atomic E-state index is 12.6. The molecule has 1 aliphatic carbocycles. The number of Topliss-reactive ketones (excluding diaryl/α,β-unsaturated/α-hetero) is 1. The molecule has 0 spiro atoms. The molecule has 1 fully saturated rings. The standard InChI is InChI=1S/C15H18N2O/c1-10(2)14-13(15(18)11-6-5-7-11)12-8-3-4-9-17(12)16-14/h3-4,8-11H,5-7H2,1-2H3. The number of nitrogens with zero attached hydrogens (tertiary/aromatic N) is 2. The number of aromatic nitrogens is 2. The number of hydrogen-bond donors (Lipinski definition) is 0. The minimum absolute atomic E-state index is 0.232. The van der Waals surface area contributed by atoms with Crippen molar-refractivity contribution in [1.82, 2.24) is 9.61 Å². The van der Waals surface area contributed by atoms with Gasteiger partial charge >= 0.3 is 0 Å². The van der Waals surface area contributed by atoms with E-state index in [0.717, 1.165) is 29.6 Å². The lowest BCUT2D eigenvalue weighted by Gasteiger charge is -2.24. The molecule has 2 aromatic rings. The number of ketones is 1. The first-order valence-electron chi connectivity index (χ1n) is 6.70. The van der Waals surface area contributed by atoms with Gasteiger partial charge < -0.3 is 0 Å². The van der Waals surface area contributed by atoms with Crippen molar-refractivity contribution >= 4 is 11.3 Å². The number of pyridine rings is 1. The summed E-state index contributed by atoms with van der Waals surface area (Å²) >= 11 is 0. The molecule has 0 bridgehead atoms. The van der Waals surface area contributed by atoms with Gasteiger partial charge in [0.25, 0.3) is 0 Å². The van der Waals surface area contributed by atoms with Gasteiger partial charge in [-0.2, -0.15) is 5.10 Å². The van der Waals surface area contributed by atoms with E-state index in [-0.39, 0.29) is 11.8 Å². The molecular formula is C15H18N2O. The average Bonchev–Trinajstić information content (AvgIpc) is 2.65. The lowest BCUT2D eigenvalue weighted by atomic mass is 9.79. The van der Waals surface area contributed by atoms with E-state index in [4.69, 9.17) is 0 Å². The van der Waals surface area contributed by atoms with Gasteiger partial charge in [-0.05, 0) is 30.9 Å². The van der Waals surface area contributed by atoms with Gasteiger partial charge in [-0.1, -0.05) is 26.3 Å². The summed E-state index contributed by atoms with van der Waals surface area (Å²) in [5, 5.41) is 4.57. The summed E-state index contributed by atoms with van der Waals surface area (Å²) in [7, 11) is 0. The molecular weight excluding hydrogens is 224 g/mol. The van der Waals surface area contributed by atoms with Crippen LogP contribution in [0.25, 0.3) is 5.52 Å². The summed E-state index contributed by atoms with van der Waals surface area (Å²) in [6.45, 7) is 4.19. The summed E-state index contributed by atoms with van der Waals surface area (Å²) in [4.78, 5) is 12.6. The molecule has 1 saturated carbocycles. The zero-order valence-electron chi connectivity index (χ0n) is 10.9. The van der Waals surface area contributed by atoms with Crippen LogP contribution in [0.1, 0.15) is 55.1 Å². The SMILES string of the molecule is CC(C)c1nn2ccccc2c1C(=O)C1CCC1. The van der Waals surface area contributed by atoms with Crippen molar-refractivity contribution in [2.24, 2.45) is 5.92 Å². The first kappa shape index (κ1) is 11.5. The largest absolute Gasteiger partial charge is 0.294 e. The van der Waals surface area contributed by atoms with Crippen LogP contribution < -0.4 is 0 Å². The molecule has 0 saturated heterocycles. The normalized spacial score (nSPS) is 16.2. The molecule has 0 unspecified atom stereocenters.